The molecule has 0 spiro atoms. The molecule has 0 radical (unpaired) electrons. The van der Waals surface area contributed by atoms with Gasteiger partial charge in [0.25, 0.3) is 5.69 Å². The largest absolute Gasteiger partial charge is 0.420 e. The summed E-state index contributed by atoms with van der Waals surface area (Å²) in [4.78, 5) is 27.0. The van der Waals surface area contributed by atoms with Crippen molar-refractivity contribution in [2.45, 2.75) is 6.54 Å². The minimum Gasteiger partial charge on any atom is -0.408 e. The molecule has 7 nitrogen and oxygen atoms in total. The van der Waals surface area contributed by atoms with Crippen molar-refractivity contribution >= 4 is 28.1 Å². The Morgan fingerprint density at radius 1 is 1.23 bits per heavy atom. The van der Waals surface area contributed by atoms with Gasteiger partial charge in [-0.2, -0.15) is 0 Å². The highest BCUT2D eigenvalue weighted by Crippen LogP contribution is 2.25. The first-order valence-corrected chi connectivity index (χ1v) is 8.37. The lowest BCUT2D eigenvalue weighted by Crippen LogP contribution is -2.15. The molecule has 0 aliphatic carbocycles. The van der Waals surface area contributed by atoms with Gasteiger partial charge in [0.05, 0.1) is 22.7 Å². The summed E-state index contributed by atoms with van der Waals surface area (Å²) in [5.74, 6) is -0.944. The van der Waals surface area contributed by atoms with Crippen LogP contribution in [0, 0.1) is 15.9 Å². The van der Waals surface area contributed by atoms with Gasteiger partial charge in [-0.1, -0.05) is 0 Å². The van der Waals surface area contributed by atoms with E-state index in [1.165, 1.54) is 46.2 Å². The SMILES string of the molecule is O=c1oc2ccc([N+](=O)[O-])cc2n1Cc1csc(-c2ccc(F)cc2)n1. The Balaban J connectivity index is 1.70. The van der Waals surface area contributed by atoms with Gasteiger partial charge >= 0.3 is 5.76 Å². The highest BCUT2D eigenvalue weighted by molar-refractivity contribution is 7.13. The molecule has 4 aromatic rings. The maximum absolute atomic E-state index is 13.0. The first-order valence-electron chi connectivity index (χ1n) is 7.49. The minimum atomic E-state index is -0.614. The molecule has 130 valence electrons. The van der Waals surface area contributed by atoms with Crippen LogP contribution in [-0.4, -0.2) is 14.5 Å². The molecule has 2 aromatic carbocycles. The smallest absolute Gasteiger partial charge is 0.408 e. The summed E-state index contributed by atoms with van der Waals surface area (Å²) < 4.78 is 19.5. The van der Waals surface area contributed by atoms with Gasteiger partial charge in [-0.25, -0.2) is 14.2 Å². The predicted octanol–water partition coefficient (Wildman–Crippen LogP) is 3.81. The third-order valence-corrected chi connectivity index (χ3v) is 4.76. The third kappa shape index (κ3) is 2.88. The van der Waals surface area contributed by atoms with Crippen LogP contribution >= 0.6 is 11.3 Å². The fourth-order valence-corrected chi connectivity index (χ4v) is 3.40. The van der Waals surface area contributed by atoms with E-state index in [0.717, 1.165) is 5.56 Å². The zero-order valence-electron chi connectivity index (χ0n) is 13.1. The van der Waals surface area contributed by atoms with Crippen LogP contribution in [0.5, 0.6) is 0 Å². The number of rotatable bonds is 4. The molecule has 9 heteroatoms. The summed E-state index contributed by atoms with van der Waals surface area (Å²) in [6.45, 7) is 0.116. The molecule has 0 amide bonds. The molecular weight excluding hydrogens is 361 g/mol. The molecule has 4 rings (SSSR count). The second-order valence-corrected chi connectivity index (χ2v) is 6.37. The summed E-state index contributed by atoms with van der Waals surface area (Å²) in [5.41, 5.74) is 1.85. The number of oxazole rings is 1. The average molecular weight is 371 g/mol. The second kappa shape index (κ2) is 6.19. The molecular formula is C17H10FN3O4S. The summed E-state index contributed by atoms with van der Waals surface area (Å²) in [6.07, 6.45) is 0. The van der Waals surface area contributed by atoms with Crippen LogP contribution in [0.15, 0.2) is 57.1 Å². The Kier molecular flexibility index (Phi) is 3.85. The first kappa shape index (κ1) is 16.2. The zero-order chi connectivity index (χ0) is 18.3. The van der Waals surface area contributed by atoms with Crippen molar-refractivity contribution < 1.29 is 13.7 Å². The molecule has 0 atom stereocenters. The van der Waals surface area contributed by atoms with Gasteiger partial charge in [-0.05, 0) is 30.3 Å². The van der Waals surface area contributed by atoms with E-state index < -0.39 is 10.7 Å². The van der Waals surface area contributed by atoms with Crippen molar-refractivity contribution in [2.24, 2.45) is 0 Å². The lowest BCUT2D eigenvalue weighted by Gasteiger charge is -1.99. The summed E-state index contributed by atoms with van der Waals surface area (Å²) in [5, 5.41) is 13.4. The number of non-ortho nitro benzene ring substituents is 1. The van der Waals surface area contributed by atoms with E-state index in [4.69, 9.17) is 4.42 Å². The Morgan fingerprint density at radius 2 is 2.00 bits per heavy atom. The Bertz CT molecular complexity index is 1180. The van der Waals surface area contributed by atoms with Gasteiger partial charge in [0, 0.05) is 23.1 Å². The molecule has 2 aromatic heterocycles. The van der Waals surface area contributed by atoms with Crippen molar-refractivity contribution in [1.29, 1.82) is 0 Å². The van der Waals surface area contributed by atoms with Crippen LogP contribution < -0.4 is 5.76 Å². The van der Waals surface area contributed by atoms with E-state index >= 15 is 0 Å². The fraction of sp³-hybridized carbons (Fsp3) is 0.0588. The fourth-order valence-electron chi connectivity index (χ4n) is 2.58. The molecule has 0 unspecified atom stereocenters. The number of halogens is 1. The van der Waals surface area contributed by atoms with Crippen LogP contribution in [0.1, 0.15) is 5.69 Å². The summed E-state index contributed by atoms with van der Waals surface area (Å²) in [7, 11) is 0. The van der Waals surface area contributed by atoms with Gasteiger partial charge in [-0.15, -0.1) is 11.3 Å². The Labute approximate surface area is 149 Å². The van der Waals surface area contributed by atoms with E-state index in [2.05, 4.69) is 4.98 Å². The van der Waals surface area contributed by atoms with Crippen LogP contribution in [0.3, 0.4) is 0 Å². The molecule has 0 saturated carbocycles. The van der Waals surface area contributed by atoms with Gasteiger partial charge < -0.3 is 4.42 Å². The van der Waals surface area contributed by atoms with Gasteiger partial charge in [0.1, 0.15) is 10.8 Å². The second-order valence-electron chi connectivity index (χ2n) is 5.51. The topological polar surface area (TPSA) is 91.2 Å². The molecule has 26 heavy (non-hydrogen) atoms. The van der Waals surface area contributed by atoms with Crippen molar-refractivity contribution in [3.8, 4) is 10.6 Å². The number of nitro benzene ring substituents is 1. The van der Waals surface area contributed by atoms with Crippen molar-refractivity contribution in [2.75, 3.05) is 0 Å². The quantitative estimate of drug-likeness (QED) is 0.402. The third-order valence-electron chi connectivity index (χ3n) is 3.82. The van der Waals surface area contributed by atoms with E-state index in [9.17, 15) is 19.3 Å². The normalized spacial score (nSPS) is 11.1. The Hall–Kier alpha value is -3.33. The number of nitrogens with zero attached hydrogens (tertiary/aromatic N) is 3. The highest BCUT2D eigenvalue weighted by atomic mass is 32.1. The number of nitro groups is 1. The minimum absolute atomic E-state index is 0.116. The Morgan fingerprint density at radius 3 is 2.73 bits per heavy atom. The van der Waals surface area contributed by atoms with Gasteiger partial charge in [0.2, 0.25) is 0 Å². The lowest BCUT2D eigenvalue weighted by molar-refractivity contribution is -0.384. The van der Waals surface area contributed by atoms with Crippen LogP contribution in [-0.2, 0) is 6.54 Å². The summed E-state index contributed by atoms with van der Waals surface area (Å²) >= 11 is 1.36. The average Bonchev–Trinajstić information content (AvgIpc) is 3.20. The predicted molar refractivity (Wildman–Crippen MR) is 93.7 cm³/mol. The molecule has 0 N–H and O–H groups in total. The van der Waals surface area contributed by atoms with E-state index in [1.54, 1.807) is 17.5 Å². The standard InChI is InChI=1S/C17H10FN3O4S/c18-11-3-1-10(2-4-11)16-19-12(9-26-16)8-20-14-7-13(21(23)24)5-6-15(14)25-17(20)22/h1-7,9H,8H2. The first-order chi connectivity index (χ1) is 12.5. The van der Waals surface area contributed by atoms with Gasteiger partial charge in [-0.3, -0.25) is 14.7 Å². The van der Waals surface area contributed by atoms with Crippen LogP contribution in [0.2, 0.25) is 0 Å². The molecule has 0 aliphatic heterocycles. The lowest BCUT2D eigenvalue weighted by atomic mass is 10.2. The van der Waals surface area contributed by atoms with Crippen molar-refractivity contribution in [1.82, 2.24) is 9.55 Å². The summed E-state index contributed by atoms with van der Waals surface area (Å²) in [6, 6.07) is 9.93. The number of thiazole rings is 1. The number of hydrogen-bond donors (Lipinski definition) is 0. The molecule has 0 saturated heterocycles. The number of hydrogen-bond acceptors (Lipinski definition) is 6. The van der Waals surface area contributed by atoms with Gasteiger partial charge in [0.15, 0.2) is 5.58 Å². The van der Waals surface area contributed by atoms with Crippen molar-refractivity contribution in [3.63, 3.8) is 0 Å². The van der Waals surface area contributed by atoms with Crippen LogP contribution in [0.25, 0.3) is 21.7 Å². The number of fused-ring (bicyclic) bond motifs is 1. The van der Waals surface area contributed by atoms with E-state index in [1.807, 2.05) is 0 Å². The maximum atomic E-state index is 13.0. The molecule has 0 fully saturated rings. The maximum Gasteiger partial charge on any atom is 0.420 e. The van der Waals surface area contributed by atoms with Crippen molar-refractivity contribution in [3.05, 3.63) is 80.0 Å². The molecule has 0 aliphatic rings. The molecule has 0 bridgehead atoms. The molecule has 2 heterocycles. The van der Waals surface area contributed by atoms with E-state index in [-0.39, 0.29) is 23.6 Å². The number of aromatic nitrogens is 2. The van der Waals surface area contributed by atoms with E-state index in [0.29, 0.717) is 16.2 Å². The zero-order valence-corrected chi connectivity index (χ0v) is 13.9. The van der Waals surface area contributed by atoms with Crippen LogP contribution in [0.4, 0.5) is 10.1 Å². The highest BCUT2D eigenvalue weighted by Gasteiger charge is 2.15. The monoisotopic (exact) mass is 371 g/mol. The number of benzene rings is 2.